The van der Waals surface area contributed by atoms with Crippen molar-refractivity contribution < 1.29 is 4.52 Å². The van der Waals surface area contributed by atoms with Crippen molar-refractivity contribution in [3.63, 3.8) is 0 Å². The molecule has 0 N–H and O–H groups in total. The SMILES string of the molecule is C1=CCC=c2oncc2=C1. The molecule has 2 nitrogen and oxygen atoms in total. The zero-order valence-electron chi connectivity index (χ0n) is 5.45. The van der Waals surface area contributed by atoms with E-state index in [1.807, 2.05) is 18.2 Å². The fourth-order valence-corrected chi connectivity index (χ4v) is 0.962. The summed E-state index contributed by atoms with van der Waals surface area (Å²) in [6.07, 6.45) is 10.8. The van der Waals surface area contributed by atoms with Gasteiger partial charge in [0.25, 0.3) is 0 Å². The lowest BCUT2D eigenvalue weighted by Gasteiger charge is -1.72. The van der Waals surface area contributed by atoms with Crippen LogP contribution in [0, 0.1) is 0 Å². The molecule has 0 aliphatic heterocycles. The van der Waals surface area contributed by atoms with Crippen molar-refractivity contribution >= 4 is 12.2 Å². The van der Waals surface area contributed by atoms with E-state index in [-0.39, 0.29) is 0 Å². The minimum atomic E-state index is 0.880. The Balaban J connectivity index is 2.82. The monoisotopic (exact) mass is 133 g/mol. The lowest BCUT2D eigenvalue weighted by molar-refractivity contribution is 0.393. The number of aromatic nitrogens is 1. The third kappa shape index (κ3) is 0.778. The summed E-state index contributed by atoms with van der Waals surface area (Å²) >= 11 is 0. The molecule has 0 atom stereocenters. The van der Waals surface area contributed by atoms with Gasteiger partial charge >= 0.3 is 0 Å². The van der Waals surface area contributed by atoms with Gasteiger partial charge in [-0.1, -0.05) is 17.3 Å². The second kappa shape index (κ2) is 2.14. The van der Waals surface area contributed by atoms with Crippen LogP contribution < -0.4 is 10.6 Å². The number of hydrogen-bond donors (Lipinski definition) is 0. The molecule has 1 aliphatic carbocycles. The maximum absolute atomic E-state index is 4.96. The molecule has 2 rings (SSSR count). The van der Waals surface area contributed by atoms with Crippen LogP contribution >= 0.6 is 0 Å². The summed E-state index contributed by atoms with van der Waals surface area (Å²) in [5.41, 5.74) is 0.880. The van der Waals surface area contributed by atoms with E-state index in [4.69, 9.17) is 4.52 Å². The first kappa shape index (κ1) is 5.47. The van der Waals surface area contributed by atoms with Crippen LogP contribution in [0.4, 0.5) is 0 Å². The summed E-state index contributed by atoms with van der Waals surface area (Å²) in [6, 6.07) is 0. The molecule has 0 amide bonds. The molecule has 1 aliphatic rings. The summed E-state index contributed by atoms with van der Waals surface area (Å²) in [7, 11) is 0. The topological polar surface area (TPSA) is 26.0 Å². The second-order valence-corrected chi connectivity index (χ2v) is 2.18. The highest BCUT2D eigenvalue weighted by Gasteiger charge is 1.89. The van der Waals surface area contributed by atoms with Crippen molar-refractivity contribution in [2.75, 3.05) is 0 Å². The highest BCUT2D eigenvalue weighted by Crippen LogP contribution is 1.87. The van der Waals surface area contributed by atoms with E-state index >= 15 is 0 Å². The van der Waals surface area contributed by atoms with Crippen molar-refractivity contribution in [1.29, 1.82) is 0 Å². The normalized spacial score (nSPS) is 14.8. The van der Waals surface area contributed by atoms with Crippen LogP contribution in [0.1, 0.15) is 6.42 Å². The average Bonchev–Trinajstić information content (AvgIpc) is 2.28. The minimum absolute atomic E-state index is 0.880. The molecule has 0 saturated carbocycles. The van der Waals surface area contributed by atoms with Crippen LogP contribution in [0.2, 0.25) is 0 Å². The molecular formula is C8H7NO. The van der Waals surface area contributed by atoms with Gasteiger partial charge in [0.1, 0.15) is 0 Å². The molecule has 10 heavy (non-hydrogen) atoms. The van der Waals surface area contributed by atoms with Gasteiger partial charge in [-0.15, -0.1) is 0 Å². The van der Waals surface area contributed by atoms with Gasteiger partial charge in [-0.2, -0.15) is 0 Å². The van der Waals surface area contributed by atoms with Gasteiger partial charge in [0.2, 0.25) is 0 Å². The zero-order valence-corrected chi connectivity index (χ0v) is 5.45. The molecule has 0 radical (unpaired) electrons. The Bertz CT molecular complexity index is 359. The maximum Gasteiger partial charge on any atom is 0.163 e. The van der Waals surface area contributed by atoms with E-state index in [0.717, 1.165) is 17.1 Å². The van der Waals surface area contributed by atoms with Crippen LogP contribution in [0.25, 0.3) is 12.2 Å². The molecule has 0 aromatic carbocycles. The van der Waals surface area contributed by atoms with Crippen molar-refractivity contribution in [3.05, 3.63) is 29.0 Å². The molecule has 2 heteroatoms. The van der Waals surface area contributed by atoms with Crippen LogP contribution in [0.3, 0.4) is 0 Å². The van der Waals surface area contributed by atoms with E-state index in [2.05, 4.69) is 11.2 Å². The van der Waals surface area contributed by atoms with Crippen LogP contribution in [-0.2, 0) is 0 Å². The van der Waals surface area contributed by atoms with Gasteiger partial charge in [0.05, 0.1) is 6.20 Å². The van der Waals surface area contributed by atoms with Crippen LogP contribution in [0.5, 0.6) is 0 Å². The Morgan fingerprint density at radius 2 is 2.50 bits per heavy atom. The van der Waals surface area contributed by atoms with Crippen LogP contribution in [-0.4, -0.2) is 5.16 Å². The lowest BCUT2D eigenvalue weighted by atomic mass is 10.4. The Hall–Kier alpha value is -1.31. The lowest BCUT2D eigenvalue weighted by Crippen LogP contribution is -2.17. The minimum Gasteiger partial charge on any atom is -0.357 e. The molecule has 0 saturated heterocycles. The predicted molar refractivity (Wildman–Crippen MR) is 38.4 cm³/mol. The number of rotatable bonds is 0. The zero-order chi connectivity index (χ0) is 6.81. The van der Waals surface area contributed by atoms with E-state index < -0.39 is 0 Å². The summed E-state index contributed by atoms with van der Waals surface area (Å²) in [5.74, 6) is 0. The summed E-state index contributed by atoms with van der Waals surface area (Å²) in [4.78, 5) is 0. The molecular weight excluding hydrogens is 126 g/mol. The first-order valence-electron chi connectivity index (χ1n) is 3.24. The molecule has 0 fully saturated rings. The van der Waals surface area contributed by atoms with Crippen molar-refractivity contribution in [1.82, 2.24) is 5.16 Å². The molecule has 1 aromatic heterocycles. The van der Waals surface area contributed by atoms with Crippen molar-refractivity contribution in [2.24, 2.45) is 0 Å². The molecule has 1 aromatic rings. The second-order valence-electron chi connectivity index (χ2n) is 2.18. The maximum atomic E-state index is 4.96. The van der Waals surface area contributed by atoms with E-state index in [9.17, 15) is 0 Å². The third-order valence-electron chi connectivity index (χ3n) is 1.48. The van der Waals surface area contributed by atoms with Crippen molar-refractivity contribution in [3.8, 4) is 0 Å². The largest absolute Gasteiger partial charge is 0.357 e. The number of allylic oxidation sites excluding steroid dienone is 2. The standard InChI is InChI=1S/C8H7NO/c1-2-4-7-6-9-10-8(7)5-3-1/h1-2,4-6H,3H2. The molecule has 50 valence electrons. The van der Waals surface area contributed by atoms with E-state index in [1.54, 1.807) is 6.20 Å². The number of fused-ring (bicyclic) bond motifs is 1. The first-order chi connectivity index (χ1) is 4.97. The molecule has 0 spiro atoms. The van der Waals surface area contributed by atoms with Gasteiger partial charge in [-0.3, -0.25) is 0 Å². The number of nitrogens with zero attached hydrogens (tertiary/aromatic N) is 1. The van der Waals surface area contributed by atoms with Gasteiger partial charge in [-0.25, -0.2) is 0 Å². The summed E-state index contributed by atoms with van der Waals surface area (Å²) in [6.45, 7) is 0. The van der Waals surface area contributed by atoms with Crippen molar-refractivity contribution in [2.45, 2.75) is 6.42 Å². The first-order valence-corrected chi connectivity index (χ1v) is 3.24. The Kier molecular flexibility index (Phi) is 1.17. The van der Waals surface area contributed by atoms with Crippen LogP contribution in [0.15, 0.2) is 22.9 Å². The highest BCUT2D eigenvalue weighted by atomic mass is 16.5. The highest BCUT2D eigenvalue weighted by molar-refractivity contribution is 5.41. The van der Waals surface area contributed by atoms with Gasteiger partial charge in [0, 0.05) is 5.22 Å². The molecule has 0 bridgehead atoms. The molecule has 0 unspecified atom stereocenters. The van der Waals surface area contributed by atoms with Gasteiger partial charge < -0.3 is 4.52 Å². The Morgan fingerprint density at radius 1 is 1.50 bits per heavy atom. The van der Waals surface area contributed by atoms with Gasteiger partial charge in [-0.05, 0) is 18.6 Å². The van der Waals surface area contributed by atoms with E-state index in [0.29, 0.717) is 0 Å². The average molecular weight is 133 g/mol. The predicted octanol–water partition coefficient (Wildman–Crippen LogP) is 0.195. The smallest absolute Gasteiger partial charge is 0.163 e. The van der Waals surface area contributed by atoms with E-state index in [1.165, 1.54) is 0 Å². The Morgan fingerprint density at radius 3 is 3.50 bits per heavy atom. The molecule has 1 heterocycles. The Labute approximate surface area is 58.1 Å². The fraction of sp³-hybridized carbons (Fsp3) is 0.125. The fourth-order valence-electron chi connectivity index (χ4n) is 0.962. The third-order valence-corrected chi connectivity index (χ3v) is 1.48. The quantitative estimate of drug-likeness (QED) is 0.505. The summed E-state index contributed by atoms with van der Waals surface area (Å²) < 4.78 is 4.96. The van der Waals surface area contributed by atoms with Gasteiger partial charge in [0.15, 0.2) is 5.42 Å². The number of hydrogen-bond acceptors (Lipinski definition) is 2. The summed E-state index contributed by atoms with van der Waals surface area (Å²) in [5, 5.41) is 4.74.